The summed E-state index contributed by atoms with van der Waals surface area (Å²) >= 11 is 0. The molecule has 4 aromatic carbocycles. The van der Waals surface area contributed by atoms with Gasteiger partial charge in [0.25, 0.3) is 0 Å². The van der Waals surface area contributed by atoms with E-state index in [2.05, 4.69) is 115 Å². The van der Waals surface area contributed by atoms with Crippen molar-refractivity contribution >= 4 is 58.9 Å². The normalized spacial score (nSPS) is 21.5. The van der Waals surface area contributed by atoms with E-state index in [4.69, 9.17) is 4.74 Å². The van der Waals surface area contributed by atoms with Crippen LogP contribution >= 0.6 is 0 Å². The summed E-state index contributed by atoms with van der Waals surface area (Å²) < 4.78 is 78.3. The number of rotatable bonds is 10. The van der Waals surface area contributed by atoms with Crippen molar-refractivity contribution in [1.82, 2.24) is 0 Å². The molecular weight excluding hydrogens is 822 g/mol. The zero-order valence-corrected chi connectivity index (χ0v) is 40.0. The molecular formula is C47H52KN3O7S2. The van der Waals surface area contributed by atoms with Crippen molar-refractivity contribution in [3.63, 3.8) is 0 Å². The Morgan fingerprint density at radius 2 is 1.05 bits per heavy atom. The first-order chi connectivity index (χ1) is 28.0. The third kappa shape index (κ3) is 8.95. The quantitative estimate of drug-likeness (QED) is 0.127. The molecule has 0 N–H and O–H groups in total. The van der Waals surface area contributed by atoms with Crippen molar-refractivity contribution in [2.75, 3.05) is 60.7 Å². The molecule has 3 heterocycles. The maximum atomic E-state index is 11.7. The van der Waals surface area contributed by atoms with Crippen molar-refractivity contribution in [2.24, 2.45) is 0 Å². The van der Waals surface area contributed by atoms with Gasteiger partial charge in [-0.3, -0.25) is 0 Å². The van der Waals surface area contributed by atoms with E-state index < -0.39 is 42.6 Å². The Kier molecular flexibility index (Phi) is 13.3. The number of anilines is 2. The molecule has 0 unspecified atom stereocenters. The van der Waals surface area contributed by atoms with E-state index in [0.717, 1.165) is 70.2 Å². The van der Waals surface area contributed by atoms with Crippen LogP contribution in [0.5, 0.6) is 0 Å². The van der Waals surface area contributed by atoms with Crippen LogP contribution in [0.2, 0.25) is 0 Å². The van der Waals surface area contributed by atoms with Gasteiger partial charge in [-0.2, -0.15) is 0 Å². The van der Waals surface area contributed by atoms with Gasteiger partial charge < -0.3 is 23.6 Å². The van der Waals surface area contributed by atoms with Gasteiger partial charge >= 0.3 is 51.4 Å². The van der Waals surface area contributed by atoms with E-state index in [1.165, 1.54) is 28.0 Å². The maximum absolute atomic E-state index is 11.7. The van der Waals surface area contributed by atoms with Crippen LogP contribution in [0.25, 0.3) is 21.5 Å². The topological polar surface area (TPSA) is 133 Å². The van der Waals surface area contributed by atoms with E-state index in [0.29, 0.717) is 26.3 Å². The van der Waals surface area contributed by atoms with E-state index in [1.807, 2.05) is 24.3 Å². The molecule has 1 saturated carbocycles. The molecule has 4 aliphatic rings. The molecule has 4 aromatic rings. The fraction of sp³-hybridized carbons (Fsp3) is 0.383. The number of morpholine rings is 1. The number of nitrogens with zero attached hydrogens (tertiary/aromatic N) is 3. The van der Waals surface area contributed by atoms with Gasteiger partial charge in [-0.15, -0.1) is 0 Å². The van der Waals surface area contributed by atoms with Crippen molar-refractivity contribution in [2.45, 2.75) is 64.2 Å². The molecule has 0 radical (unpaired) electrons. The van der Waals surface area contributed by atoms with Crippen LogP contribution in [-0.4, -0.2) is 87.1 Å². The van der Waals surface area contributed by atoms with Crippen molar-refractivity contribution in [1.29, 1.82) is 0 Å². The Hall–Kier alpha value is -2.95. The molecule has 1 saturated heterocycles. The number of allylic oxidation sites excluding steroid dienone is 8. The summed E-state index contributed by atoms with van der Waals surface area (Å²) in [6, 6.07) is 25.1. The summed E-state index contributed by atoms with van der Waals surface area (Å²) in [6.07, 6.45) is 11.0. The fourth-order valence-corrected chi connectivity index (χ4v) is 10.9. The molecule has 0 spiro atoms. The molecule has 0 aromatic heterocycles. The number of hydrogen-bond donors (Lipinski definition) is 0. The molecule has 2 fully saturated rings. The van der Waals surface area contributed by atoms with Crippen LogP contribution in [-0.2, 0) is 35.8 Å². The second-order valence-electron chi connectivity index (χ2n) is 17.1. The molecule has 3 aliphatic heterocycles. The Morgan fingerprint density at radius 1 is 0.633 bits per heavy atom. The summed E-state index contributed by atoms with van der Waals surface area (Å²) in [6.45, 7) is 12.4. The first kappa shape index (κ1) is 45.1. The predicted octanol–water partition coefficient (Wildman–Crippen LogP) is 4.66. The second kappa shape index (κ2) is 17.7. The van der Waals surface area contributed by atoms with E-state index in [9.17, 15) is 25.9 Å². The van der Waals surface area contributed by atoms with Crippen LogP contribution in [0, 0.1) is 0 Å². The van der Waals surface area contributed by atoms with Crippen molar-refractivity contribution in [3.05, 3.63) is 131 Å². The number of fused-ring (bicyclic) bond motifs is 6. The van der Waals surface area contributed by atoms with Crippen molar-refractivity contribution < 1.29 is 86.6 Å². The van der Waals surface area contributed by atoms with E-state index >= 15 is 0 Å². The van der Waals surface area contributed by atoms with E-state index in [-0.39, 0.29) is 64.2 Å². The predicted molar refractivity (Wildman–Crippen MR) is 234 cm³/mol. The minimum absolute atomic E-state index is 0. The van der Waals surface area contributed by atoms with Crippen LogP contribution in [0.3, 0.4) is 0 Å². The fourth-order valence-electron chi connectivity index (χ4n) is 9.94. The van der Waals surface area contributed by atoms with Gasteiger partial charge in [0.15, 0.2) is 13.1 Å². The zero-order chi connectivity index (χ0) is 41.7. The Balaban J connectivity index is 0.00000544. The molecule has 0 bridgehead atoms. The molecule has 1 aliphatic carbocycles. The van der Waals surface area contributed by atoms with Crippen LogP contribution in [0.4, 0.5) is 11.4 Å². The van der Waals surface area contributed by atoms with Gasteiger partial charge in [0.1, 0.15) is 13.2 Å². The van der Waals surface area contributed by atoms with Gasteiger partial charge in [-0.25, -0.2) is 21.4 Å². The molecule has 8 rings (SSSR count). The Morgan fingerprint density at radius 3 is 1.47 bits per heavy atom. The van der Waals surface area contributed by atoms with Crippen molar-refractivity contribution in [3.8, 4) is 0 Å². The smallest absolute Gasteiger partial charge is 0.748 e. The van der Waals surface area contributed by atoms with Crippen LogP contribution < -0.4 is 61.2 Å². The molecule has 13 heteroatoms. The summed E-state index contributed by atoms with van der Waals surface area (Å²) in [4.78, 5) is 4.40. The molecule has 10 nitrogen and oxygen atoms in total. The third-order valence-corrected chi connectivity index (χ3v) is 14.1. The largest absolute Gasteiger partial charge is 1.00 e. The first-order valence-electron chi connectivity index (χ1n) is 20.5. The Labute approximate surface area is 397 Å². The number of hydrogen-bond acceptors (Lipinski definition) is 9. The van der Waals surface area contributed by atoms with Crippen LogP contribution in [0.15, 0.2) is 120 Å². The molecule has 0 atom stereocenters. The summed E-state index contributed by atoms with van der Waals surface area (Å²) in [5.74, 6) is -0.847. The third-order valence-electron chi connectivity index (χ3n) is 12.5. The molecule has 0 amide bonds. The van der Waals surface area contributed by atoms with Gasteiger partial charge in [0, 0.05) is 69.3 Å². The number of ether oxygens (including phenoxy) is 1. The van der Waals surface area contributed by atoms with Gasteiger partial charge in [0.2, 0.25) is 5.71 Å². The minimum Gasteiger partial charge on any atom is -0.748 e. The zero-order valence-electron chi connectivity index (χ0n) is 35.2. The minimum atomic E-state index is -4.36. The molecule has 310 valence electrons. The summed E-state index contributed by atoms with van der Waals surface area (Å²) in [7, 11) is -8.72. The summed E-state index contributed by atoms with van der Waals surface area (Å²) in [5, 5.41) is 4.58. The standard InChI is InChI=1S/C47H53N3O7S2.K/c1-46(2)41(49(25-9-31-58(51,52)53)39-21-17-33-11-5-7-13-37(33)43(39)46)23-19-35-15-16-36(45(35)48-27-29-57-30-28-48)20-24-42-47(3,4)44-38-14-8-6-12-34(38)18-22-40(44)50(42)26-10-32-59(54,55)56;/h5-8,11-14,17-24H,9-10,15-16,25-32H2,1-4H3,(H-,51,52,53,54,55,56);/q;+1/p-1. The SMILES string of the molecule is CC1(C)C(=CC=C2CCC(=CC=C3N(CCCS(=O)(=O)[O-])c4ccc5ccccc5c4C3(C)C)C2=[N+]2CCOCC2)N(CCCS(=O)(=O)[O-])c2ccc3ccccc3c21.[K+]. The second-order valence-corrected chi connectivity index (χ2v) is 20.1. The van der Waals surface area contributed by atoms with Gasteiger partial charge in [0.05, 0.1) is 20.2 Å². The van der Waals surface area contributed by atoms with Crippen LogP contribution in [0.1, 0.15) is 64.5 Å². The first-order valence-corrected chi connectivity index (χ1v) is 23.7. The van der Waals surface area contributed by atoms with Gasteiger partial charge in [-0.05, 0) is 82.6 Å². The molecule has 60 heavy (non-hydrogen) atoms. The monoisotopic (exact) mass is 873 g/mol. The summed E-state index contributed by atoms with van der Waals surface area (Å²) in [5.41, 5.74) is 9.32. The van der Waals surface area contributed by atoms with E-state index in [1.54, 1.807) is 0 Å². The average molecular weight is 874 g/mol. The number of benzene rings is 4. The average Bonchev–Trinajstić information content (AvgIpc) is 3.77. The maximum Gasteiger partial charge on any atom is 1.00 e. The van der Waals surface area contributed by atoms with Gasteiger partial charge in [-0.1, -0.05) is 101 Å². The Bertz CT molecular complexity index is 2550.